The van der Waals surface area contributed by atoms with Gasteiger partial charge in [-0.2, -0.15) is 10.2 Å². The van der Waals surface area contributed by atoms with Crippen LogP contribution < -0.4 is 4.74 Å². The summed E-state index contributed by atoms with van der Waals surface area (Å²) in [4.78, 5) is 0.0803. The summed E-state index contributed by atoms with van der Waals surface area (Å²) in [5.41, 5.74) is 2.04. The minimum Gasteiger partial charge on any atom is -0.454 e. The molecule has 13 heteroatoms. The average molecular weight is 689 g/mol. The highest BCUT2D eigenvalue weighted by atomic mass is 127. The van der Waals surface area contributed by atoms with Crippen LogP contribution in [0.2, 0.25) is 0 Å². The number of aromatic amines is 1. The van der Waals surface area contributed by atoms with E-state index in [1.54, 1.807) is 41.0 Å². The Morgan fingerprint density at radius 3 is 2.58 bits per heavy atom. The normalized spacial score (nSPS) is 12.1. The van der Waals surface area contributed by atoms with E-state index in [1.807, 2.05) is 6.20 Å². The van der Waals surface area contributed by atoms with Crippen LogP contribution in [0.15, 0.2) is 96.4 Å². The van der Waals surface area contributed by atoms with Crippen LogP contribution in [-0.4, -0.2) is 32.1 Å². The number of fused-ring (bicyclic) bond motifs is 1. The molecule has 0 fully saturated rings. The smallest absolute Gasteiger partial charge is 0.268 e. The lowest BCUT2D eigenvalue weighted by Crippen LogP contribution is -2.12. The van der Waals surface area contributed by atoms with Crippen LogP contribution in [-0.2, 0) is 16.4 Å². The van der Waals surface area contributed by atoms with Crippen LogP contribution in [0.4, 0.5) is 8.78 Å². The van der Waals surface area contributed by atoms with Gasteiger partial charge in [0, 0.05) is 47.6 Å². The SMILES string of the molecule is O=S(=O)(c1ccccc1)n1ccc2c(Cc3cnn(PI)c3)c(Oc3ccc(F)c(-c4ccn[nH]4)c3)c(F)cc21. The zero-order valence-corrected chi connectivity index (χ0v) is 24.4. The molecule has 3 aromatic heterocycles. The van der Waals surface area contributed by atoms with Crippen molar-refractivity contribution in [2.75, 3.05) is 0 Å². The number of benzene rings is 3. The van der Waals surface area contributed by atoms with Crippen LogP contribution in [0.1, 0.15) is 11.1 Å². The third-order valence-electron chi connectivity index (χ3n) is 6.32. The van der Waals surface area contributed by atoms with Crippen molar-refractivity contribution < 1.29 is 21.9 Å². The Balaban J connectivity index is 1.50. The Morgan fingerprint density at radius 2 is 1.85 bits per heavy atom. The highest BCUT2D eigenvalue weighted by Gasteiger charge is 2.24. The Kier molecular flexibility index (Phi) is 7.15. The standard InChI is InChI=1S/C27H19F2IN5O3PS/c28-23-7-6-18(13-22(23)25-8-10-31-33-25)38-27-21(12-17-15-32-35(16-17)39-30)20-9-11-34(26(20)14-24(27)29)40(36,37)19-4-2-1-3-5-19/h1-11,13-16,39H,12H2,(H,31,33). The molecule has 0 amide bonds. The maximum absolute atomic E-state index is 15.9. The molecule has 8 nitrogen and oxygen atoms in total. The molecule has 40 heavy (non-hydrogen) atoms. The van der Waals surface area contributed by atoms with Gasteiger partial charge >= 0.3 is 0 Å². The van der Waals surface area contributed by atoms with Crippen LogP contribution >= 0.6 is 28.4 Å². The molecule has 6 aromatic rings. The van der Waals surface area contributed by atoms with E-state index in [9.17, 15) is 12.8 Å². The summed E-state index contributed by atoms with van der Waals surface area (Å²) in [6, 6.07) is 16.4. The summed E-state index contributed by atoms with van der Waals surface area (Å²) >= 11 is 2.20. The first-order valence-electron chi connectivity index (χ1n) is 11.9. The highest BCUT2D eigenvalue weighted by Crippen LogP contribution is 2.39. The van der Waals surface area contributed by atoms with Crippen molar-refractivity contribution in [1.82, 2.24) is 23.7 Å². The van der Waals surface area contributed by atoms with Crippen LogP contribution in [0.25, 0.3) is 22.2 Å². The molecular formula is C27H19F2IN5O3PS. The first-order chi connectivity index (χ1) is 19.3. The number of ether oxygens (including phenoxy) is 1. The van der Waals surface area contributed by atoms with E-state index in [0.29, 0.717) is 23.0 Å². The van der Waals surface area contributed by atoms with Crippen LogP contribution in [0.3, 0.4) is 0 Å². The predicted octanol–water partition coefficient (Wildman–Crippen LogP) is 6.92. The lowest BCUT2D eigenvalue weighted by molar-refractivity contribution is 0.438. The summed E-state index contributed by atoms with van der Waals surface area (Å²) in [5, 5.41) is 11.4. The number of rotatable bonds is 8. The first-order valence-corrected chi connectivity index (χ1v) is 17.4. The molecule has 1 unspecified atom stereocenters. The molecule has 0 bridgehead atoms. The quantitative estimate of drug-likeness (QED) is 0.138. The monoisotopic (exact) mass is 689 g/mol. The van der Waals surface area contributed by atoms with Crippen molar-refractivity contribution in [1.29, 1.82) is 0 Å². The third-order valence-corrected chi connectivity index (χ3v) is 9.93. The molecule has 1 atom stereocenters. The fourth-order valence-electron chi connectivity index (χ4n) is 4.48. The molecule has 0 saturated carbocycles. The topological polar surface area (TPSA) is 94.8 Å². The summed E-state index contributed by atoms with van der Waals surface area (Å²) in [7, 11) is -3.99. The molecule has 0 spiro atoms. The predicted molar refractivity (Wildman–Crippen MR) is 158 cm³/mol. The van der Waals surface area contributed by atoms with Gasteiger partial charge in [-0.25, -0.2) is 25.6 Å². The Hall–Kier alpha value is -3.61. The van der Waals surface area contributed by atoms with E-state index in [0.717, 1.165) is 15.6 Å². The molecule has 3 aromatic carbocycles. The van der Waals surface area contributed by atoms with Crippen LogP contribution in [0.5, 0.6) is 11.5 Å². The van der Waals surface area contributed by atoms with E-state index in [1.165, 1.54) is 42.7 Å². The summed E-state index contributed by atoms with van der Waals surface area (Å²) in [6.07, 6.45) is 7.02. The van der Waals surface area contributed by atoms with Gasteiger partial charge in [0.15, 0.2) is 11.6 Å². The van der Waals surface area contributed by atoms with Gasteiger partial charge in [-0.05, 0) is 70.1 Å². The summed E-state index contributed by atoms with van der Waals surface area (Å²) in [6.45, 7) is 0. The zero-order chi connectivity index (χ0) is 27.9. The number of halogens is 3. The number of nitrogens with one attached hydrogen (secondary N) is 1. The summed E-state index contributed by atoms with van der Waals surface area (Å²) < 4.78 is 66.2. The van der Waals surface area contributed by atoms with E-state index in [-0.39, 0.29) is 33.9 Å². The minimum atomic E-state index is -3.99. The molecular weight excluding hydrogens is 670 g/mol. The Bertz CT molecular complexity index is 1940. The van der Waals surface area contributed by atoms with Crippen molar-refractivity contribution >= 4 is 49.3 Å². The van der Waals surface area contributed by atoms with E-state index in [4.69, 9.17) is 4.74 Å². The van der Waals surface area contributed by atoms with Gasteiger partial charge in [0.25, 0.3) is 10.0 Å². The molecule has 0 radical (unpaired) electrons. The van der Waals surface area contributed by atoms with Gasteiger partial charge in [0.05, 0.1) is 28.7 Å². The fraction of sp³-hybridized carbons (Fsp3) is 0.0370. The second kappa shape index (κ2) is 10.8. The molecule has 0 saturated heterocycles. The number of H-pyrrole nitrogens is 1. The zero-order valence-electron chi connectivity index (χ0n) is 20.4. The van der Waals surface area contributed by atoms with E-state index in [2.05, 4.69) is 37.3 Å². The molecule has 1 N–H and O–H groups in total. The van der Waals surface area contributed by atoms with Crippen molar-refractivity contribution in [2.45, 2.75) is 11.3 Å². The number of hydrogen-bond acceptors (Lipinski definition) is 5. The first kappa shape index (κ1) is 26.6. The molecule has 0 aliphatic carbocycles. The second-order valence-corrected chi connectivity index (χ2v) is 12.7. The molecule has 3 heterocycles. The number of hydrogen-bond donors (Lipinski definition) is 1. The van der Waals surface area contributed by atoms with Crippen molar-refractivity contribution in [2.24, 2.45) is 0 Å². The third kappa shape index (κ3) is 4.91. The highest BCUT2D eigenvalue weighted by molar-refractivity contribution is 14.2. The van der Waals surface area contributed by atoms with Gasteiger partial charge in [-0.1, -0.05) is 18.2 Å². The molecule has 0 aliphatic rings. The van der Waals surface area contributed by atoms with Gasteiger partial charge in [-0.15, -0.1) is 0 Å². The molecule has 202 valence electrons. The van der Waals surface area contributed by atoms with E-state index < -0.39 is 21.7 Å². The van der Waals surface area contributed by atoms with Gasteiger partial charge in [0.2, 0.25) is 0 Å². The molecule has 0 aliphatic heterocycles. The summed E-state index contributed by atoms with van der Waals surface area (Å²) in [5.74, 6) is -1.15. The maximum atomic E-state index is 15.9. The van der Waals surface area contributed by atoms with Gasteiger partial charge in [0.1, 0.15) is 11.6 Å². The maximum Gasteiger partial charge on any atom is 0.268 e. The molecule has 6 rings (SSSR count). The largest absolute Gasteiger partial charge is 0.454 e. The van der Waals surface area contributed by atoms with Crippen molar-refractivity contribution in [3.63, 3.8) is 0 Å². The van der Waals surface area contributed by atoms with Crippen molar-refractivity contribution in [3.05, 3.63) is 114 Å². The lowest BCUT2D eigenvalue weighted by Gasteiger charge is -2.15. The van der Waals surface area contributed by atoms with Gasteiger partial charge in [-0.3, -0.25) is 5.10 Å². The average Bonchev–Trinajstić information content (AvgIpc) is 3.73. The Labute approximate surface area is 242 Å². The Morgan fingerprint density at radius 1 is 1.02 bits per heavy atom. The number of nitrogens with zero attached hydrogens (tertiary/aromatic N) is 4. The minimum absolute atomic E-state index is 0.0803. The van der Waals surface area contributed by atoms with Gasteiger partial charge < -0.3 is 4.74 Å². The fourth-order valence-corrected chi connectivity index (χ4v) is 6.94. The lowest BCUT2D eigenvalue weighted by atomic mass is 10.0. The van der Waals surface area contributed by atoms with Crippen molar-refractivity contribution in [3.8, 4) is 22.8 Å². The van der Waals surface area contributed by atoms with E-state index >= 15 is 4.39 Å². The second-order valence-electron chi connectivity index (χ2n) is 8.80. The number of aromatic nitrogens is 5. The van der Waals surface area contributed by atoms with Crippen LogP contribution in [0, 0.1) is 11.6 Å².